The van der Waals surface area contributed by atoms with Gasteiger partial charge >= 0.3 is 0 Å². The molecule has 3 aromatic rings. The van der Waals surface area contributed by atoms with E-state index in [0.717, 1.165) is 28.8 Å². The van der Waals surface area contributed by atoms with Crippen LogP contribution >= 0.6 is 11.3 Å². The first-order valence-electron chi connectivity index (χ1n) is 8.90. The Balaban J connectivity index is 1.84. The van der Waals surface area contributed by atoms with Crippen LogP contribution in [0.1, 0.15) is 31.7 Å². The maximum atomic E-state index is 12.9. The summed E-state index contributed by atoms with van der Waals surface area (Å²) < 4.78 is 1.53. The standard InChI is InChI=1S/C20H23N3O2S/c1-3-4-10-21-17(24)9-11-23-13-22-19-18(20(23)25)16(12-26-19)15-7-5-14(2)6-8-15/h5-8,12-13H,3-4,9-11H2,1-2H3,(H,21,24). The number of nitrogens with one attached hydrogen (secondary N) is 1. The number of unbranched alkanes of at least 4 members (excludes halogenated alkanes) is 1. The number of carbonyl (C=O) groups is 1. The average molecular weight is 369 g/mol. The Morgan fingerprint density at radius 1 is 1.27 bits per heavy atom. The first-order chi connectivity index (χ1) is 12.6. The molecule has 0 spiro atoms. The van der Waals surface area contributed by atoms with Crippen molar-refractivity contribution in [3.8, 4) is 11.1 Å². The molecule has 6 heteroatoms. The number of hydrogen-bond donors (Lipinski definition) is 1. The molecule has 0 unspecified atom stereocenters. The van der Waals surface area contributed by atoms with Crippen molar-refractivity contribution < 1.29 is 4.79 Å². The Hall–Kier alpha value is -2.47. The van der Waals surface area contributed by atoms with Crippen LogP contribution in [0.2, 0.25) is 0 Å². The molecule has 1 N–H and O–H groups in total. The van der Waals surface area contributed by atoms with Gasteiger partial charge in [0.05, 0.1) is 11.7 Å². The zero-order valence-corrected chi connectivity index (χ0v) is 15.9. The number of amides is 1. The predicted octanol–water partition coefficient (Wildman–Crippen LogP) is 3.74. The zero-order valence-electron chi connectivity index (χ0n) is 15.1. The minimum absolute atomic E-state index is 0.0328. The molecule has 0 aliphatic rings. The minimum atomic E-state index is -0.0896. The summed E-state index contributed by atoms with van der Waals surface area (Å²) in [5.74, 6) is -0.0328. The molecular weight excluding hydrogens is 346 g/mol. The number of hydrogen-bond acceptors (Lipinski definition) is 4. The third-order valence-corrected chi connectivity index (χ3v) is 5.24. The first kappa shape index (κ1) is 18.3. The van der Waals surface area contributed by atoms with Crippen molar-refractivity contribution >= 4 is 27.5 Å². The third kappa shape index (κ3) is 4.02. The van der Waals surface area contributed by atoms with Gasteiger partial charge in [-0.2, -0.15) is 0 Å². The zero-order chi connectivity index (χ0) is 18.5. The van der Waals surface area contributed by atoms with Crippen LogP contribution in [0.3, 0.4) is 0 Å². The van der Waals surface area contributed by atoms with Crippen molar-refractivity contribution in [3.63, 3.8) is 0 Å². The molecule has 0 aliphatic heterocycles. The number of aromatic nitrogens is 2. The lowest BCUT2D eigenvalue weighted by molar-refractivity contribution is -0.121. The number of nitrogens with zero attached hydrogens (tertiary/aromatic N) is 2. The van der Waals surface area contributed by atoms with E-state index in [0.29, 0.717) is 18.5 Å². The highest BCUT2D eigenvalue weighted by Gasteiger charge is 2.13. The molecule has 2 aromatic heterocycles. The van der Waals surface area contributed by atoms with Crippen molar-refractivity contribution in [3.05, 3.63) is 51.9 Å². The highest BCUT2D eigenvalue weighted by Crippen LogP contribution is 2.30. The number of carbonyl (C=O) groups excluding carboxylic acids is 1. The van der Waals surface area contributed by atoms with Gasteiger partial charge in [0.15, 0.2) is 0 Å². The monoisotopic (exact) mass is 369 g/mol. The van der Waals surface area contributed by atoms with Gasteiger partial charge in [-0.05, 0) is 18.9 Å². The fourth-order valence-electron chi connectivity index (χ4n) is 2.79. The van der Waals surface area contributed by atoms with E-state index in [2.05, 4.69) is 17.2 Å². The highest BCUT2D eigenvalue weighted by molar-refractivity contribution is 7.17. The second kappa shape index (κ2) is 8.27. The van der Waals surface area contributed by atoms with Crippen molar-refractivity contribution in [1.82, 2.24) is 14.9 Å². The van der Waals surface area contributed by atoms with Crippen LogP contribution < -0.4 is 10.9 Å². The Labute approximate surface area is 156 Å². The molecule has 0 aliphatic carbocycles. The van der Waals surface area contributed by atoms with Gasteiger partial charge in [0.1, 0.15) is 4.83 Å². The van der Waals surface area contributed by atoms with Gasteiger partial charge in [0.25, 0.3) is 5.56 Å². The van der Waals surface area contributed by atoms with E-state index < -0.39 is 0 Å². The summed E-state index contributed by atoms with van der Waals surface area (Å²) in [5.41, 5.74) is 3.01. The largest absolute Gasteiger partial charge is 0.356 e. The molecule has 0 bridgehead atoms. The molecule has 5 nitrogen and oxygen atoms in total. The van der Waals surface area contributed by atoms with E-state index in [1.165, 1.54) is 21.5 Å². The van der Waals surface area contributed by atoms with Crippen molar-refractivity contribution in [2.24, 2.45) is 0 Å². The van der Waals surface area contributed by atoms with Crippen LogP contribution in [-0.4, -0.2) is 22.0 Å². The fraction of sp³-hybridized carbons (Fsp3) is 0.350. The third-order valence-electron chi connectivity index (χ3n) is 4.36. The van der Waals surface area contributed by atoms with Crippen molar-refractivity contribution in [2.75, 3.05) is 6.54 Å². The molecule has 1 amide bonds. The summed E-state index contributed by atoms with van der Waals surface area (Å²) in [4.78, 5) is 30.0. The van der Waals surface area contributed by atoms with Crippen LogP contribution in [-0.2, 0) is 11.3 Å². The maximum absolute atomic E-state index is 12.9. The van der Waals surface area contributed by atoms with Gasteiger partial charge in [0.2, 0.25) is 5.91 Å². The molecule has 1 aromatic carbocycles. The van der Waals surface area contributed by atoms with E-state index >= 15 is 0 Å². The average Bonchev–Trinajstić information content (AvgIpc) is 3.07. The summed E-state index contributed by atoms with van der Waals surface area (Å²) in [6, 6.07) is 8.12. The smallest absolute Gasteiger partial charge is 0.262 e. The summed E-state index contributed by atoms with van der Waals surface area (Å²) >= 11 is 1.47. The van der Waals surface area contributed by atoms with Crippen LogP contribution in [0.25, 0.3) is 21.3 Å². The topological polar surface area (TPSA) is 64.0 Å². The lowest BCUT2D eigenvalue weighted by Gasteiger charge is -2.07. The fourth-order valence-corrected chi connectivity index (χ4v) is 3.69. The highest BCUT2D eigenvalue weighted by atomic mass is 32.1. The molecule has 136 valence electrons. The predicted molar refractivity (Wildman–Crippen MR) is 107 cm³/mol. The van der Waals surface area contributed by atoms with Gasteiger partial charge in [0, 0.05) is 30.5 Å². The lowest BCUT2D eigenvalue weighted by atomic mass is 10.1. The molecule has 2 heterocycles. The Kier molecular flexibility index (Phi) is 5.83. The molecule has 0 saturated carbocycles. The number of thiophene rings is 1. The van der Waals surface area contributed by atoms with Crippen molar-refractivity contribution in [1.29, 1.82) is 0 Å². The lowest BCUT2D eigenvalue weighted by Crippen LogP contribution is -2.28. The number of aryl methyl sites for hydroxylation is 2. The van der Waals surface area contributed by atoms with E-state index in [-0.39, 0.29) is 17.9 Å². The van der Waals surface area contributed by atoms with Crippen LogP contribution in [0, 0.1) is 6.92 Å². The Morgan fingerprint density at radius 2 is 2.04 bits per heavy atom. The molecule has 26 heavy (non-hydrogen) atoms. The van der Waals surface area contributed by atoms with Crippen LogP contribution in [0.15, 0.2) is 40.8 Å². The van der Waals surface area contributed by atoms with Crippen molar-refractivity contribution in [2.45, 2.75) is 39.7 Å². The Morgan fingerprint density at radius 3 is 2.77 bits per heavy atom. The SMILES string of the molecule is CCCCNC(=O)CCn1cnc2scc(-c3ccc(C)cc3)c2c1=O. The van der Waals surface area contributed by atoms with Gasteiger partial charge in [-0.25, -0.2) is 4.98 Å². The van der Waals surface area contributed by atoms with E-state index in [1.54, 1.807) is 6.33 Å². The number of rotatable bonds is 7. The molecule has 0 fully saturated rings. The second-order valence-electron chi connectivity index (χ2n) is 6.39. The normalized spacial score (nSPS) is 11.0. The molecular formula is C20H23N3O2S. The first-order valence-corrected chi connectivity index (χ1v) is 9.78. The van der Waals surface area contributed by atoms with Gasteiger partial charge in [-0.3, -0.25) is 14.2 Å². The van der Waals surface area contributed by atoms with Gasteiger partial charge < -0.3 is 5.32 Å². The summed E-state index contributed by atoms with van der Waals surface area (Å²) in [6.45, 7) is 5.14. The number of benzene rings is 1. The molecule has 0 radical (unpaired) electrons. The maximum Gasteiger partial charge on any atom is 0.262 e. The molecule has 0 saturated heterocycles. The van der Waals surface area contributed by atoms with E-state index in [1.807, 2.05) is 36.6 Å². The summed E-state index contributed by atoms with van der Waals surface area (Å²) in [6.07, 6.45) is 3.83. The molecule has 3 rings (SSSR count). The second-order valence-corrected chi connectivity index (χ2v) is 7.25. The number of fused-ring (bicyclic) bond motifs is 1. The van der Waals surface area contributed by atoms with Crippen LogP contribution in [0.5, 0.6) is 0 Å². The Bertz CT molecular complexity index is 957. The molecule has 0 atom stereocenters. The summed E-state index contributed by atoms with van der Waals surface area (Å²) in [7, 11) is 0. The van der Waals surface area contributed by atoms with Gasteiger partial charge in [-0.15, -0.1) is 11.3 Å². The van der Waals surface area contributed by atoms with Gasteiger partial charge in [-0.1, -0.05) is 43.2 Å². The van der Waals surface area contributed by atoms with E-state index in [4.69, 9.17) is 0 Å². The van der Waals surface area contributed by atoms with Crippen LogP contribution in [0.4, 0.5) is 0 Å². The summed E-state index contributed by atoms with van der Waals surface area (Å²) in [5, 5.41) is 5.49. The minimum Gasteiger partial charge on any atom is -0.356 e. The quantitative estimate of drug-likeness (QED) is 0.645. The van der Waals surface area contributed by atoms with E-state index in [9.17, 15) is 9.59 Å².